The summed E-state index contributed by atoms with van der Waals surface area (Å²) in [5, 5.41) is 7.37. The fourth-order valence-electron chi connectivity index (χ4n) is 4.12. The average molecular weight is 386 g/mol. The molecule has 1 aromatic carbocycles. The number of likely N-dealkylation sites (tertiary alicyclic amines) is 1. The van der Waals surface area contributed by atoms with Crippen LogP contribution in [-0.4, -0.2) is 52.9 Å². The molecule has 0 bridgehead atoms. The second-order valence-corrected chi connectivity index (χ2v) is 7.67. The number of piperidine rings is 1. The lowest BCUT2D eigenvalue weighted by atomic mass is 9.94. The molecule has 1 N–H and O–H groups in total. The van der Waals surface area contributed by atoms with E-state index in [1.165, 1.54) is 12.1 Å². The van der Waals surface area contributed by atoms with Gasteiger partial charge in [0.1, 0.15) is 5.82 Å². The molecule has 2 aromatic rings. The van der Waals surface area contributed by atoms with Gasteiger partial charge in [0.15, 0.2) is 0 Å². The first-order chi connectivity index (χ1) is 13.7. The highest BCUT2D eigenvalue weighted by Gasteiger charge is 2.30. The number of halogens is 1. The maximum absolute atomic E-state index is 13.1. The van der Waals surface area contributed by atoms with E-state index in [4.69, 9.17) is 4.74 Å². The van der Waals surface area contributed by atoms with Gasteiger partial charge in [-0.3, -0.25) is 9.69 Å². The van der Waals surface area contributed by atoms with Crippen LogP contribution in [0.1, 0.15) is 31.2 Å². The number of carbonyl (C=O) groups excluding carboxylic acids is 1. The predicted molar refractivity (Wildman–Crippen MR) is 104 cm³/mol. The zero-order valence-electron chi connectivity index (χ0n) is 16.0. The summed E-state index contributed by atoms with van der Waals surface area (Å²) in [4.78, 5) is 15.2. The van der Waals surface area contributed by atoms with Crippen molar-refractivity contribution in [1.82, 2.24) is 20.0 Å². The van der Waals surface area contributed by atoms with Gasteiger partial charge in [-0.15, -0.1) is 0 Å². The smallest absolute Gasteiger partial charge is 0.224 e. The van der Waals surface area contributed by atoms with Crippen LogP contribution in [0.15, 0.2) is 36.7 Å². The van der Waals surface area contributed by atoms with Crippen molar-refractivity contribution in [3.05, 3.63) is 48.0 Å². The van der Waals surface area contributed by atoms with Crippen LogP contribution in [0, 0.1) is 11.7 Å². The summed E-state index contributed by atoms with van der Waals surface area (Å²) in [7, 11) is 0. The molecule has 1 aromatic heterocycles. The van der Waals surface area contributed by atoms with Crippen molar-refractivity contribution < 1.29 is 13.9 Å². The van der Waals surface area contributed by atoms with Crippen molar-refractivity contribution in [3.8, 4) is 5.69 Å². The number of ether oxygens (including phenoxy) is 1. The van der Waals surface area contributed by atoms with Crippen molar-refractivity contribution >= 4 is 5.91 Å². The number of nitrogens with one attached hydrogen (secondary N) is 1. The van der Waals surface area contributed by atoms with E-state index in [2.05, 4.69) is 15.3 Å². The van der Waals surface area contributed by atoms with Crippen LogP contribution in [0.5, 0.6) is 0 Å². The molecular formula is C21H27FN4O2. The van der Waals surface area contributed by atoms with E-state index in [-0.39, 0.29) is 17.6 Å². The number of nitrogens with zero attached hydrogens (tertiary/aromatic N) is 3. The Labute approximate surface area is 164 Å². The first-order valence-corrected chi connectivity index (χ1v) is 10.1. The summed E-state index contributed by atoms with van der Waals surface area (Å²) in [6.07, 6.45) is 7.74. The molecule has 2 fully saturated rings. The molecule has 0 spiro atoms. The third-order valence-corrected chi connectivity index (χ3v) is 5.72. The van der Waals surface area contributed by atoms with Gasteiger partial charge in [-0.1, -0.05) is 0 Å². The summed E-state index contributed by atoms with van der Waals surface area (Å²) < 4.78 is 20.2. The van der Waals surface area contributed by atoms with Gasteiger partial charge in [0.2, 0.25) is 5.91 Å². The largest absolute Gasteiger partial charge is 0.381 e. The fourth-order valence-corrected chi connectivity index (χ4v) is 4.12. The fraction of sp³-hybridized carbons (Fsp3) is 0.524. The Morgan fingerprint density at radius 3 is 2.79 bits per heavy atom. The number of aromatic nitrogens is 2. The Morgan fingerprint density at radius 1 is 1.21 bits per heavy atom. The van der Waals surface area contributed by atoms with E-state index in [9.17, 15) is 9.18 Å². The molecule has 3 heterocycles. The Hall–Kier alpha value is -2.25. The number of rotatable bonds is 5. The van der Waals surface area contributed by atoms with Gasteiger partial charge in [-0.05, 0) is 56.5 Å². The Bertz CT molecular complexity index is 786. The van der Waals surface area contributed by atoms with Crippen molar-refractivity contribution in [3.63, 3.8) is 0 Å². The van der Waals surface area contributed by atoms with Crippen LogP contribution in [0.4, 0.5) is 4.39 Å². The monoisotopic (exact) mass is 386 g/mol. The van der Waals surface area contributed by atoms with Crippen LogP contribution in [0.3, 0.4) is 0 Å². The van der Waals surface area contributed by atoms with Crippen LogP contribution < -0.4 is 5.32 Å². The molecule has 1 amide bonds. The van der Waals surface area contributed by atoms with Gasteiger partial charge in [-0.25, -0.2) is 9.07 Å². The van der Waals surface area contributed by atoms with Gasteiger partial charge >= 0.3 is 0 Å². The second-order valence-electron chi connectivity index (χ2n) is 7.67. The average Bonchev–Trinajstić information content (AvgIpc) is 3.22. The van der Waals surface area contributed by atoms with E-state index in [1.807, 2.05) is 6.20 Å². The maximum Gasteiger partial charge on any atom is 0.224 e. The van der Waals surface area contributed by atoms with Gasteiger partial charge in [0, 0.05) is 44.1 Å². The number of amides is 1. The minimum atomic E-state index is -0.273. The molecule has 1 atom stereocenters. The van der Waals surface area contributed by atoms with Gasteiger partial charge in [0.05, 0.1) is 17.8 Å². The summed E-state index contributed by atoms with van der Waals surface area (Å²) in [6.45, 7) is 4.03. The minimum Gasteiger partial charge on any atom is -0.381 e. The molecule has 28 heavy (non-hydrogen) atoms. The number of hydrogen-bond acceptors (Lipinski definition) is 4. The van der Waals surface area contributed by atoms with Crippen molar-refractivity contribution in [2.45, 2.75) is 38.3 Å². The van der Waals surface area contributed by atoms with Crippen molar-refractivity contribution in [2.75, 3.05) is 26.3 Å². The second kappa shape index (κ2) is 8.84. The Kier molecular flexibility index (Phi) is 6.02. The Balaban J connectivity index is 1.30. The predicted octanol–water partition coefficient (Wildman–Crippen LogP) is 2.52. The number of carbonyl (C=O) groups is 1. The minimum absolute atomic E-state index is 0.0451. The summed E-state index contributed by atoms with van der Waals surface area (Å²) in [5.41, 5.74) is 1.72. The summed E-state index contributed by atoms with van der Waals surface area (Å²) >= 11 is 0. The normalized spacial score (nSPS) is 21.5. The summed E-state index contributed by atoms with van der Waals surface area (Å²) in [5.74, 6) is -0.110. The lowest BCUT2D eigenvalue weighted by Crippen LogP contribution is -2.48. The molecule has 7 heteroatoms. The number of benzene rings is 1. The first-order valence-electron chi connectivity index (χ1n) is 10.1. The molecule has 0 saturated carbocycles. The zero-order valence-corrected chi connectivity index (χ0v) is 16.0. The van der Waals surface area contributed by atoms with Crippen LogP contribution >= 0.6 is 0 Å². The molecule has 2 aliphatic rings. The molecule has 2 saturated heterocycles. The quantitative estimate of drug-likeness (QED) is 0.858. The van der Waals surface area contributed by atoms with Crippen LogP contribution in [0.2, 0.25) is 0 Å². The Morgan fingerprint density at radius 2 is 2.00 bits per heavy atom. The first kappa shape index (κ1) is 19.1. The topological polar surface area (TPSA) is 59.4 Å². The highest BCUT2D eigenvalue weighted by molar-refractivity contribution is 5.78. The standard InChI is InChI=1S/C21H27FN4O2/c22-18-3-5-20(6-4-18)26-14-16(13-24-26)12-23-21(27)17-2-1-9-25(15-17)19-7-10-28-11-8-19/h3-6,13-14,17,19H,1-2,7-12,15H2,(H,23,27)/t17-/m0/s1. The third-order valence-electron chi connectivity index (χ3n) is 5.72. The van der Waals surface area contributed by atoms with Crippen LogP contribution in [-0.2, 0) is 16.1 Å². The molecular weight excluding hydrogens is 359 g/mol. The molecule has 0 aliphatic carbocycles. The lowest BCUT2D eigenvalue weighted by Gasteiger charge is -2.39. The van der Waals surface area contributed by atoms with E-state index >= 15 is 0 Å². The molecule has 2 aliphatic heterocycles. The van der Waals surface area contributed by atoms with E-state index in [1.54, 1.807) is 23.0 Å². The van der Waals surface area contributed by atoms with E-state index in [0.717, 1.165) is 63.2 Å². The van der Waals surface area contributed by atoms with Crippen molar-refractivity contribution in [2.24, 2.45) is 5.92 Å². The molecule has 0 unspecified atom stereocenters. The highest BCUT2D eigenvalue weighted by Crippen LogP contribution is 2.23. The van der Waals surface area contributed by atoms with Crippen molar-refractivity contribution in [1.29, 1.82) is 0 Å². The van der Waals surface area contributed by atoms with E-state index in [0.29, 0.717) is 12.6 Å². The highest BCUT2D eigenvalue weighted by atomic mass is 19.1. The maximum atomic E-state index is 13.1. The van der Waals surface area contributed by atoms with E-state index < -0.39 is 0 Å². The summed E-state index contributed by atoms with van der Waals surface area (Å²) in [6, 6.07) is 6.73. The zero-order chi connectivity index (χ0) is 19.3. The SMILES string of the molecule is O=C(NCc1cnn(-c2ccc(F)cc2)c1)[C@H]1CCCN(C2CCOCC2)C1. The lowest BCUT2D eigenvalue weighted by molar-refractivity contribution is -0.127. The molecule has 6 nitrogen and oxygen atoms in total. The van der Waals surface area contributed by atoms with Crippen LogP contribution in [0.25, 0.3) is 5.69 Å². The molecule has 150 valence electrons. The van der Waals surface area contributed by atoms with Gasteiger partial charge in [0.25, 0.3) is 0 Å². The molecule has 0 radical (unpaired) electrons. The third kappa shape index (κ3) is 4.59. The molecule has 4 rings (SSSR count). The van der Waals surface area contributed by atoms with Gasteiger partial charge < -0.3 is 10.1 Å². The van der Waals surface area contributed by atoms with Gasteiger partial charge in [-0.2, -0.15) is 5.10 Å². The number of hydrogen-bond donors (Lipinski definition) is 1.